The fourth-order valence-electron chi connectivity index (χ4n) is 1.96. The molecule has 0 amide bonds. The second-order valence-electron chi connectivity index (χ2n) is 3.86. The summed E-state index contributed by atoms with van der Waals surface area (Å²) in [7, 11) is 1.99. The Kier molecular flexibility index (Phi) is 4.02. The second kappa shape index (κ2) is 4.83. The summed E-state index contributed by atoms with van der Waals surface area (Å²) in [6.45, 7) is 5.51. The van der Waals surface area contributed by atoms with Crippen LogP contribution in [0, 0.1) is 5.92 Å². The van der Waals surface area contributed by atoms with E-state index in [2.05, 4.69) is 19.2 Å². The summed E-state index contributed by atoms with van der Waals surface area (Å²) in [6.07, 6.45) is 4.70. The van der Waals surface area contributed by atoms with Crippen LogP contribution in [0.4, 0.5) is 0 Å². The monoisotopic (exact) mass is 171 g/mol. The first-order chi connectivity index (χ1) is 5.77. The van der Waals surface area contributed by atoms with E-state index in [1.165, 1.54) is 19.3 Å². The van der Waals surface area contributed by atoms with Gasteiger partial charge < -0.3 is 10.1 Å². The minimum Gasteiger partial charge on any atom is -0.373 e. The van der Waals surface area contributed by atoms with Crippen LogP contribution in [-0.4, -0.2) is 25.8 Å². The van der Waals surface area contributed by atoms with Gasteiger partial charge in [0.1, 0.15) is 0 Å². The molecule has 0 aromatic heterocycles. The van der Waals surface area contributed by atoms with Crippen molar-refractivity contribution in [1.82, 2.24) is 5.32 Å². The van der Waals surface area contributed by atoms with E-state index in [0.717, 1.165) is 12.5 Å². The van der Waals surface area contributed by atoms with Crippen molar-refractivity contribution in [3.63, 3.8) is 0 Å². The Morgan fingerprint density at radius 1 is 1.50 bits per heavy atom. The van der Waals surface area contributed by atoms with Crippen molar-refractivity contribution < 1.29 is 4.74 Å². The number of ether oxygens (including phenoxy) is 1. The summed E-state index contributed by atoms with van der Waals surface area (Å²) in [4.78, 5) is 0. The molecule has 0 aromatic carbocycles. The molecule has 3 atom stereocenters. The van der Waals surface area contributed by atoms with Crippen LogP contribution in [0.15, 0.2) is 0 Å². The van der Waals surface area contributed by atoms with Gasteiger partial charge in [-0.25, -0.2) is 0 Å². The van der Waals surface area contributed by atoms with E-state index in [4.69, 9.17) is 4.74 Å². The molecule has 1 aliphatic rings. The Hall–Kier alpha value is -0.0800. The third-order valence-electron chi connectivity index (χ3n) is 2.65. The highest BCUT2D eigenvalue weighted by Crippen LogP contribution is 2.28. The first-order valence-corrected chi connectivity index (χ1v) is 5.08. The van der Waals surface area contributed by atoms with Gasteiger partial charge in [-0.15, -0.1) is 0 Å². The predicted octanol–water partition coefficient (Wildman–Crippen LogP) is 1.80. The van der Waals surface area contributed by atoms with Gasteiger partial charge in [-0.2, -0.15) is 0 Å². The SMILES string of the molecule is CCC[C@H]1C[C@H](C)[C@@H](CNC)O1. The number of rotatable bonds is 4. The van der Waals surface area contributed by atoms with Crippen LogP contribution in [0.2, 0.25) is 0 Å². The summed E-state index contributed by atoms with van der Waals surface area (Å²) in [5, 5.41) is 3.18. The highest BCUT2D eigenvalue weighted by atomic mass is 16.5. The van der Waals surface area contributed by atoms with E-state index in [-0.39, 0.29) is 0 Å². The lowest BCUT2D eigenvalue weighted by atomic mass is 10.0. The van der Waals surface area contributed by atoms with Crippen molar-refractivity contribution in [2.75, 3.05) is 13.6 Å². The highest BCUT2D eigenvalue weighted by molar-refractivity contribution is 4.80. The maximum Gasteiger partial charge on any atom is 0.0729 e. The van der Waals surface area contributed by atoms with E-state index in [0.29, 0.717) is 12.2 Å². The predicted molar refractivity (Wildman–Crippen MR) is 51.3 cm³/mol. The van der Waals surface area contributed by atoms with E-state index in [9.17, 15) is 0 Å². The maximum atomic E-state index is 5.89. The van der Waals surface area contributed by atoms with Gasteiger partial charge in [0.15, 0.2) is 0 Å². The zero-order valence-electron chi connectivity index (χ0n) is 8.47. The van der Waals surface area contributed by atoms with Crippen molar-refractivity contribution in [2.45, 2.75) is 45.3 Å². The van der Waals surface area contributed by atoms with Gasteiger partial charge in [-0.3, -0.25) is 0 Å². The van der Waals surface area contributed by atoms with E-state index in [1.807, 2.05) is 7.05 Å². The van der Waals surface area contributed by atoms with Crippen molar-refractivity contribution in [1.29, 1.82) is 0 Å². The Labute approximate surface area is 75.7 Å². The number of likely N-dealkylation sites (N-methyl/N-ethyl adjacent to an activating group) is 1. The molecule has 0 radical (unpaired) electrons. The third-order valence-corrected chi connectivity index (χ3v) is 2.65. The summed E-state index contributed by atoms with van der Waals surface area (Å²) >= 11 is 0. The summed E-state index contributed by atoms with van der Waals surface area (Å²) in [5.41, 5.74) is 0. The molecular weight excluding hydrogens is 150 g/mol. The largest absolute Gasteiger partial charge is 0.373 e. The molecule has 1 N–H and O–H groups in total. The van der Waals surface area contributed by atoms with Crippen LogP contribution in [-0.2, 0) is 4.74 Å². The van der Waals surface area contributed by atoms with Gasteiger partial charge in [0.25, 0.3) is 0 Å². The van der Waals surface area contributed by atoms with Crippen molar-refractivity contribution in [3.05, 3.63) is 0 Å². The molecule has 0 aliphatic carbocycles. The standard InChI is InChI=1S/C10H21NO/c1-4-5-9-6-8(2)10(12-9)7-11-3/h8-11H,4-7H2,1-3H3/t8-,9-,10+/m0/s1. The van der Waals surface area contributed by atoms with Crippen LogP contribution < -0.4 is 5.32 Å². The Bertz CT molecular complexity index is 127. The lowest BCUT2D eigenvalue weighted by molar-refractivity contribution is 0.0333. The van der Waals surface area contributed by atoms with E-state index in [1.54, 1.807) is 0 Å². The smallest absolute Gasteiger partial charge is 0.0729 e. The molecule has 1 saturated heterocycles. The molecule has 1 fully saturated rings. The van der Waals surface area contributed by atoms with Crippen molar-refractivity contribution in [2.24, 2.45) is 5.92 Å². The van der Waals surface area contributed by atoms with E-state index >= 15 is 0 Å². The number of nitrogens with one attached hydrogen (secondary N) is 1. The van der Waals surface area contributed by atoms with Gasteiger partial charge in [0.05, 0.1) is 12.2 Å². The molecule has 12 heavy (non-hydrogen) atoms. The molecule has 0 aromatic rings. The molecular formula is C10H21NO. The molecule has 0 unspecified atom stereocenters. The van der Waals surface area contributed by atoms with Gasteiger partial charge in [-0.1, -0.05) is 20.3 Å². The van der Waals surface area contributed by atoms with Crippen molar-refractivity contribution in [3.8, 4) is 0 Å². The fraction of sp³-hybridized carbons (Fsp3) is 1.00. The molecule has 1 heterocycles. The van der Waals surface area contributed by atoms with Gasteiger partial charge in [0, 0.05) is 6.54 Å². The van der Waals surface area contributed by atoms with Crippen LogP contribution in [0.5, 0.6) is 0 Å². The summed E-state index contributed by atoms with van der Waals surface area (Å²) in [6, 6.07) is 0. The molecule has 1 aliphatic heterocycles. The average molecular weight is 171 g/mol. The van der Waals surface area contributed by atoms with Gasteiger partial charge in [-0.05, 0) is 25.8 Å². The van der Waals surface area contributed by atoms with Gasteiger partial charge >= 0.3 is 0 Å². The molecule has 2 nitrogen and oxygen atoms in total. The molecule has 72 valence electrons. The minimum atomic E-state index is 0.451. The zero-order chi connectivity index (χ0) is 8.97. The van der Waals surface area contributed by atoms with Crippen molar-refractivity contribution >= 4 is 0 Å². The molecule has 1 rings (SSSR count). The maximum absolute atomic E-state index is 5.89. The van der Waals surface area contributed by atoms with Crippen LogP contribution >= 0.6 is 0 Å². The van der Waals surface area contributed by atoms with Gasteiger partial charge in [0.2, 0.25) is 0 Å². The Morgan fingerprint density at radius 3 is 2.83 bits per heavy atom. The fourth-order valence-corrected chi connectivity index (χ4v) is 1.96. The third kappa shape index (κ3) is 2.46. The minimum absolute atomic E-state index is 0.451. The van der Waals surface area contributed by atoms with E-state index < -0.39 is 0 Å². The lowest BCUT2D eigenvalue weighted by Gasteiger charge is -2.14. The zero-order valence-corrected chi connectivity index (χ0v) is 8.47. The quantitative estimate of drug-likeness (QED) is 0.696. The topological polar surface area (TPSA) is 21.3 Å². The molecule has 0 saturated carbocycles. The number of hydrogen-bond acceptors (Lipinski definition) is 2. The normalized spacial score (nSPS) is 35.8. The molecule has 0 bridgehead atoms. The van der Waals surface area contributed by atoms with Crippen LogP contribution in [0.25, 0.3) is 0 Å². The highest BCUT2D eigenvalue weighted by Gasteiger charge is 2.30. The Morgan fingerprint density at radius 2 is 2.25 bits per heavy atom. The van der Waals surface area contributed by atoms with Crippen LogP contribution in [0.3, 0.4) is 0 Å². The first kappa shape index (κ1) is 10.0. The first-order valence-electron chi connectivity index (χ1n) is 5.08. The molecule has 2 heteroatoms. The lowest BCUT2D eigenvalue weighted by Crippen LogP contribution is -2.27. The summed E-state index contributed by atoms with van der Waals surface area (Å²) in [5.74, 6) is 0.731. The number of hydrogen-bond donors (Lipinski definition) is 1. The second-order valence-corrected chi connectivity index (χ2v) is 3.86. The van der Waals surface area contributed by atoms with Crippen LogP contribution in [0.1, 0.15) is 33.1 Å². The molecule has 0 spiro atoms. The summed E-state index contributed by atoms with van der Waals surface area (Å²) < 4.78 is 5.89. The average Bonchev–Trinajstić information content (AvgIpc) is 2.34. The Balaban J connectivity index is 2.29.